The van der Waals surface area contributed by atoms with Crippen LogP contribution in [0.15, 0.2) is 12.4 Å². The number of carboxylic acid groups (broad SMARTS) is 1. The first kappa shape index (κ1) is 10.2. The van der Waals surface area contributed by atoms with E-state index < -0.39 is 5.97 Å². The van der Waals surface area contributed by atoms with E-state index in [1.54, 1.807) is 0 Å². The van der Waals surface area contributed by atoms with Crippen LogP contribution in [0.3, 0.4) is 0 Å². The minimum absolute atomic E-state index is 0.141. The Balaban J connectivity index is 1.96. The van der Waals surface area contributed by atoms with Gasteiger partial charge in [0.2, 0.25) is 0 Å². The second kappa shape index (κ2) is 4.04. The van der Waals surface area contributed by atoms with Crippen LogP contribution >= 0.6 is 0 Å². The molecule has 4 nitrogen and oxygen atoms in total. The van der Waals surface area contributed by atoms with Crippen molar-refractivity contribution in [2.45, 2.75) is 38.6 Å². The molecule has 1 saturated carbocycles. The zero-order valence-electron chi connectivity index (χ0n) is 8.89. The van der Waals surface area contributed by atoms with Crippen LogP contribution in [-0.2, 0) is 4.79 Å². The van der Waals surface area contributed by atoms with Crippen molar-refractivity contribution in [3.05, 3.63) is 18.0 Å². The van der Waals surface area contributed by atoms with Crippen LogP contribution in [0.5, 0.6) is 0 Å². The van der Waals surface area contributed by atoms with E-state index >= 15 is 0 Å². The zero-order valence-corrected chi connectivity index (χ0v) is 8.89. The lowest BCUT2D eigenvalue weighted by atomic mass is 9.86. The Kier molecular flexibility index (Phi) is 2.75. The standard InChI is InChI=1S/C11H16N2O2/c1-8-6-12-13(7-8)10-4-2-9(3-5-10)11(14)15/h6-7,9-10H,2-5H2,1H3,(H,14,15). The molecule has 0 bridgehead atoms. The minimum Gasteiger partial charge on any atom is -0.481 e. The van der Waals surface area contributed by atoms with Crippen LogP contribution in [0.4, 0.5) is 0 Å². The third kappa shape index (κ3) is 2.19. The van der Waals surface area contributed by atoms with Crippen LogP contribution in [0, 0.1) is 12.8 Å². The van der Waals surface area contributed by atoms with E-state index in [1.807, 2.05) is 24.0 Å². The highest BCUT2D eigenvalue weighted by Gasteiger charge is 2.26. The first-order valence-electron chi connectivity index (χ1n) is 5.40. The SMILES string of the molecule is Cc1cnn(C2CCC(C(=O)O)CC2)c1. The zero-order chi connectivity index (χ0) is 10.8. The average molecular weight is 208 g/mol. The summed E-state index contributed by atoms with van der Waals surface area (Å²) >= 11 is 0. The van der Waals surface area contributed by atoms with E-state index in [4.69, 9.17) is 5.11 Å². The number of aliphatic carboxylic acids is 1. The maximum atomic E-state index is 10.8. The summed E-state index contributed by atoms with van der Waals surface area (Å²) in [6, 6.07) is 0.397. The van der Waals surface area contributed by atoms with Gasteiger partial charge in [-0.25, -0.2) is 0 Å². The molecule has 0 unspecified atom stereocenters. The molecule has 0 radical (unpaired) electrons. The van der Waals surface area contributed by atoms with Gasteiger partial charge in [0.05, 0.1) is 18.2 Å². The monoisotopic (exact) mass is 208 g/mol. The molecule has 0 atom stereocenters. The van der Waals surface area contributed by atoms with Crippen LogP contribution in [0.25, 0.3) is 0 Å². The van der Waals surface area contributed by atoms with E-state index in [-0.39, 0.29) is 5.92 Å². The second-order valence-electron chi connectivity index (χ2n) is 4.34. The van der Waals surface area contributed by atoms with Gasteiger partial charge in [-0.1, -0.05) is 0 Å². The third-order valence-corrected chi connectivity index (χ3v) is 3.15. The van der Waals surface area contributed by atoms with E-state index in [9.17, 15) is 4.79 Å². The van der Waals surface area contributed by atoms with Gasteiger partial charge >= 0.3 is 5.97 Å². The van der Waals surface area contributed by atoms with Crippen LogP contribution < -0.4 is 0 Å². The number of carbonyl (C=O) groups is 1. The van der Waals surface area contributed by atoms with E-state index in [2.05, 4.69) is 5.10 Å². The van der Waals surface area contributed by atoms with Crippen molar-refractivity contribution in [3.63, 3.8) is 0 Å². The molecule has 0 spiro atoms. The fourth-order valence-corrected chi connectivity index (χ4v) is 2.22. The van der Waals surface area contributed by atoms with Crippen molar-refractivity contribution in [2.75, 3.05) is 0 Å². The van der Waals surface area contributed by atoms with Crippen LogP contribution in [0.2, 0.25) is 0 Å². The predicted octanol–water partition coefficient (Wildman–Crippen LogP) is 2.01. The van der Waals surface area contributed by atoms with Gasteiger partial charge in [-0.15, -0.1) is 0 Å². The first-order chi connectivity index (χ1) is 7.16. The van der Waals surface area contributed by atoms with Crippen LogP contribution in [0.1, 0.15) is 37.3 Å². The van der Waals surface area contributed by atoms with Crippen molar-refractivity contribution in [1.82, 2.24) is 9.78 Å². The largest absolute Gasteiger partial charge is 0.481 e. The van der Waals surface area contributed by atoms with Gasteiger partial charge in [-0.3, -0.25) is 9.48 Å². The van der Waals surface area contributed by atoms with Gasteiger partial charge in [-0.05, 0) is 38.2 Å². The van der Waals surface area contributed by atoms with Crippen molar-refractivity contribution in [1.29, 1.82) is 0 Å². The van der Waals surface area contributed by atoms with Crippen molar-refractivity contribution in [2.24, 2.45) is 5.92 Å². The van der Waals surface area contributed by atoms with Gasteiger partial charge < -0.3 is 5.11 Å². The smallest absolute Gasteiger partial charge is 0.306 e. The molecule has 1 N–H and O–H groups in total. The summed E-state index contributed by atoms with van der Waals surface area (Å²) in [5, 5.41) is 13.2. The summed E-state index contributed by atoms with van der Waals surface area (Å²) in [5.41, 5.74) is 1.16. The Hall–Kier alpha value is -1.32. The molecule has 1 aromatic heterocycles. The van der Waals surface area contributed by atoms with E-state index in [0.29, 0.717) is 6.04 Å². The fraction of sp³-hybridized carbons (Fsp3) is 0.636. The normalized spacial score (nSPS) is 26.5. The maximum Gasteiger partial charge on any atom is 0.306 e. The molecule has 82 valence electrons. The highest BCUT2D eigenvalue weighted by atomic mass is 16.4. The van der Waals surface area contributed by atoms with Gasteiger partial charge in [0, 0.05) is 6.20 Å². The Morgan fingerprint density at radius 2 is 2.13 bits per heavy atom. The van der Waals surface area contributed by atoms with E-state index in [1.165, 1.54) is 0 Å². The molecule has 1 aliphatic carbocycles. The Morgan fingerprint density at radius 1 is 1.47 bits per heavy atom. The Bertz CT molecular complexity index is 351. The quantitative estimate of drug-likeness (QED) is 0.808. The number of hydrogen-bond acceptors (Lipinski definition) is 2. The maximum absolute atomic E-state index is 10.8. The van der Waals surface area contributed by atoms with Crippen LogP contribution in [-0.4, -0.2) is 20.9 Å². The first-order valence-corrected chi connectivity index (χ1v) is 5.40. The van der Waals surface area contributed by atoms with Gasteiger partial charge in [0.15, 0.2) is 0 Å². The topological polar surface area (TPSA) is 55.1 Å². The molecule has 15 heavy (non-hydrogen) atoms. The summed E-state index contributed by atoms with van der Waals surface area (Å²) in [6.45, 7) is 2.02. The molecule has 2 rings (SSSR count). The predicted molar refractivity (Wildman–Crippen MR) is 55.6 cm³/mol. The molecule has 1 aliphatic rings. The van der Waals surface area contributed by atoms with Crippen molar-refractivity contribution in [3.8, 4) is 0 Å². The number of aryl methyl sites for hydroxylation is 1. The summed E-state index contributed by atoms with van der Waals surface area (Å²) in [4.78, 5) is 10.8. The third-order valence-electron chi connectivity index (χ3n) is 3.15. The number of carboxylic acids is 1. The molecular weight excluding hydrogens is 192 g/mol. The highest BCUT2D eigenvalue weighted by Crippen LogP contribution is 2.31. The molecule has 0 aliphatic heterocycles. The molecular formula is C11H16N2O2. The lowest BCUT2D eigenvalue weighted by molar-refractivity contribution is -0.143. The number of hydrogen-bond donors (Lipinski definition) is 1. The van der Waals surface area contributed by atoms with Gasteiger partial charge in [-0.2, -0.15) is 5.10 Å². The number of aromatic nitrogens is 2. The van der Waals surface area contributed by atoms with E-state index in [0.717, 1.165) is 31.2 Å². The molecule has 0 saturated heterocycles. The number of rotatable bonds is 2. The summed E-state index contributed by atoms with van der Waals surface area (Å²) in [6.07, 6.45) is 7.29. The fourth-order valence-electron chi connectivity index (χ4n) is 2.22. The summed E-state index contributed by atoms with van der Waals surface area (Å²) in [5.74, 6) is -0.789. The molecule has 4 heteroatoms. The lowest BCUT2D eigenvalue weighted by Crippen LogP contribution is -2.23. The minimum atomic E-state index is -0.648. The average Bonchev–Trinajstić information content (AvgIpc) is 2.65. The lowest BCUT2D eigenvalue weighted by Gasteiger charge is -2.26. The Labute approximate surface area is 88.9 Å². The van der Waals surface area contributed by atoms with Crippen molar-refractivity contribution < 1.29 is 9.90 Å². The van der Waals surface area contributed by atoms with Gasteiger partial charge in [0.1, 0.15) is 0 Å². The molecule has 0 amide bonds. The molecule has 1 aromatic rings. The Morgan fingerprint density at radius 3 is 2.60 bits per heavy atom. The molecule has 1 heterocycles. The highest BCUT2D eigenvalue weighted by molar-refractivity contribution is 5.69. The molecule has 1 fully saturated rings. The summed E-state index contributed by atoms with van der Waals surface area (Å²) in [7, 11) is 0. The number of nitrogens with zero attached hydrogens (tertiary/aromatic N) is 2. The van der Waals surface area contributed by atoms with Crippen molar-refractivity contribution >= 4 is 5.97 Å². The second-order valence-corrected chi connectivity index (χ2v) is 4.34. The van der Waals surface area contributed by atoms with Gasteiger partial charge in [0.25, 0.3) is 0 Å². The molecule has 0 aromatic carbocycles. The summed E-state index contributed by atoms with van der Waals surface area (Å²) < 4.78 is 1.98.